The molecule has 0 spiro atoms. The molecule has 0 amide bonds. The van der Waals surface area contributed by atoms with Crippen LogP contribution in [0.5, 0.6) is 0 Å². The minimum Gasteiger partial charge on any atom is -1.00 e. The van der Waals surface area contributed by atoms with Gasteiger partial charge in [0.15, 0.2) is 0 Å². The van der Waals surface area contributed by atoms with Gasteiger partial charge in [-0.1, -0.05) is 48.5 Å². The van der Waals surface area contributed by atoms with E-state index in [2.05, 4.69) is 0 Å². The van der Waals surface area contributed by atoms with Crippen LogP contribution in [0.3, 0.4) is 0 Å². The smallest absolute Gasteiger partial charge is 1.00 e. The number of allylic oxidation sites excluding steroid dienone is 12. The maximum Gasteiger partial charge on any atom is 1.00 e. The summed E-state index contributed by atoms with van der Waals surface area (Å²) in [6.45, 7) is 0. The van der Waals surface area contributed by atoms with Gasteiger partial charge >= 0.3 is 29.6 Å². The predicted octanol–water partition coefficient (Wildman–Crippen LogP) is 3.79. The molecule has 0 aromatic heterocycles. The molecule has 4 N–H and O–H groups in total. The summed E-state index contributed by atoms with van der Waals surface area (Å²) in [4.78, 5) is 18.1. The summed E-state index contributed by atoms with van der Waals surface area (Å²) >= 11 is 0. The molecular formula is C44H29N4NaO12S4. The molecule has 8 bridgehead atoms. The molecule has 0 aliphatic carbocycles. The zero-order valence-corrected chi connectivity index (χ0v) is 38.6. The fraction of sp³-hybridized carbons (Fsp3) is 0. The van der Waals surface area contributed by atoms with E-state index in [9.17, 15) is 51.9 Å². The SMILES string of the molecule is O=S(=O)(O)c1ccc(C2=CC3=CC4=NC(=CC5=NC(=CC6=NC(=C(c7ccc(S(=O)(=O)O)cc7)C2=N3)C(c2ccc(S(=O)(=O)O)cc2)=C6c2ccc(S(=O)(=O)O)cc2)C=C5)C=C4)cc1.[H-].[Na+]. The van der Waals surface area contributed by atoms with E-state index >= 15 is 0 Å². The van der Waals surface area contributed by atoms with Crippen molar-refractivity contribution in [2.24, 2.45) is 20.0 Å². The second-order valence-electron chi connectivity index (χ2n) is 14.4. The standard InChI is InChI=1S/C44H28N4O12S4.Na.H/c49-61(50,51)34-13-1-25(2-14-34)38-23-33-22-31-10-9-29(45-31)21-30-11-12-32(46-30)24-39-40(26-3-15-35(16-4-26)62(52,53)54)41(27-5-17-36(18-6-27)63(55,56)57)44(48-39)42(43(38)47-33)28-7-19-37(20-8-28)64(58,59)60;;/h1-24H,(H,49,50,51)(H,52,53,54)(H,55,56,57)(H,58,59,60);;/q;+1;-1. The Hall–Kier alpha value is -5.88. The third-order valence-electron chi connectivity index (χ3n) is 10.3. The van der Waals surface area contributed by atoms with E-state index in [1.54, 1.807) is 48.6 Å². The summed E-state index contributed by atoms with van der Waals surface area (Å²) < 4.78 is 137. The third kappa shape index (κ3) is 9.32. The molecular weight excluding hydrogens is 928 g/mol. The van der Waals surface area contributed by atoms with Crippen LogP contribution < -0.4 is 29.6 Å². The first-order chi connectivity index (χ1) is 30.2. The molecule has 0 saturated carbocycles. The van der Waals surface area contributed by atoms with E-state index in [1.807, 2.05) is 0 Å². The van der Waals surface area contributed by atoms with E-state index in [0.29, 0.717) is 67.5 Å². The van der Waals surface area contributed by atoms with Gasteiger partial charge in [-0.15, -0.1) is 0 Å². The summed E-state index contributed by atoms with van der Waals surface area (Å²) in [5, 5.41) is 0. The quantitative estimate of drug-likeness (QED) is 0.145. The van der Waals surface area contributed by atoms with Crippen molar-refractivity contribution in [3.63, 3.8) is 0 Å². The largest absolute Gasteiger partial charge is 1.00 e. The van der Waals surface area contributed by atoms with Crippen molar-refractivity contribution >= 4 is 85.6 Å². The first kappa shape index (κ1) is 45.7. The van der Waals surface area contributed by atoms with Crippen LogP contribution in [0.4, 0.5) is 0 Å². The Kier molecular flexibility index (Phi) is 11.8. The summed E-state index contributed by atoms with van der Waals surface area (Å²) in [6, 6.07) is 20.9. The number of hydrogen-bond donors (Lipinski definition) is 4. The number of benzene rings is 4. The van der Waals surface area contributed by atoms with Crippen LogP contribution in [0.1, 0.15) is 23.7 Å². The van der Waals surface area contributed by atoms with Gasteiger partial charge < -0.3 is 1.43 Å². The van der Waals surface area contributed by atoms with E-state index in [4.69, 9.17) is 20.0 Å². The molecule has 4 aromatic carbocycles. The van der Waals surface area contributed by atoms with Gasteiger partial charge in [0.25, 0.3) is 40.5 Å². The van der Waals surface area contributed by atoms with Gasteiger partial charge in [0.05, 0.1) is 65.2 Å². The van der Waals surface area contributed by atoms with Gasteiger partial charge in [-0.05, 0) is 119 Å². The zero-order chi connectivity index (χ0) is 45.3. The molecule has 9 rings (SSSR count). The molecule has 5 aliphatic rings. The monoisotopic (exact) mass is 956 g/mol. The zero-order valence-electron chi connectivity index (χ0n) is 34.3. The molecule has 65 heavy (non-hydrogen) atoms. The minimum absolute atomic E-state index is 0. The Morgan fingerprint density at radius 1 is 0.369 bits per heavy atom. The number of fused-ring (bicyclic) bond motifs is 4. The van der Waals surface area contributed by atoms with Gasteiger partial charge in [0.1, 0.15) is 0 Å². The Balaban J connectivity index is 0.00000324. The van der Waals surface area contributed by atoms with Crippen molar-refractivity contribution in [1.29, 1.82) is 0 Å². The van der Waals surface area contributed by atoms with E-state index in [1.165, 1.54) is 97.1 Å². The van der Waals surface area contributed by atoms with Gasteiger partial charge in [0, 0.05) is 22.3 Å². The van der Waals surface area contributed by atoms with Crippen LogP contribution >= 0.6 is 0 Å². The van der Waals surface area contributed by atoms with Crippen LogP contribution in [0, 0.1) is 0 Å². The average molecular weight is 957 g/mol. The summed E-state index contributed by atoms with van der Waals surface area (Å²) in [7, 11) is -18.6. The molecule has 0 radical (unpaired) electrons. The molecule has 5 aliphatic heterocycles. The summed E-state index contributed by atoms with van der Waals surface area (Å²) in [5.41, 5.74) is 5.69. The maximum absolute atomic E-state index is 12.3. The summed E-state index contributed by atoms with van der Waals surface area (Å²) in [6.07, 6.45) is 13.9. The molecule has 0 atom stereocenters. The fourth-order valence-corrected chi connectivity index (χ4v) is 9.31. The van der Waals surface area contributed by atoms with Crippen LogP contribution in [0.25, 0.3) is 22.3 Å². The van der Waals surface area contributed by atoms with Gasteiger partial charge in [-0.2, -0.15) is 33.7 Å². The number of rotatable bonds is 8. The van der Waals surface area contributed by atoms with Crippen molar-refractivity contribution in [3.05, 3.63) is 191 Å². The maximum atomic E-state index is 12.3. The van der Waals surface area contributed by atoms with Crippen LogP contribution in [0.15, 0.2) is 208 Å². The Bertz CT molecular complexity index is 3640. The van der Waals surface area contributed by atoms with Crippen molar-refractivity contribution in [2.75, 3.05) is 0 Å². The number of hydrogen-bond acceptors (Lipinski definition) is 12. The van der Waals surface area contributed by atoms with Crippen molar-refractivity contribution in [2.45, 2.75) is 19.6 Å². The molecule has 0 saturated heterocycles. The molecule has 0 unspecified atom stereocenters. The fourth-order valence-electron chi connectivity index (χ4n) is 7.39. The second-order valence-corrected chi connectivity index (χ2v) is 20.1. The van der Waals surface area contributed by atoms with Crippen LogP contribution in [-0.4, -0.2) is 74.7 Å². The average Bonchev–Trinajstić information content (AvgIpc) is 4.05. The van der Waals surface area contributed by atoms with Crippen molar-refractivity contribution in [1.82, 2.24) is 0 Å². The van der Waals surface area contributed by atoms with E-state index in [-0.39, 0.29) is 58.6 Å². The molecule has 21 heteroatoms. The van der Waals surface area contributed by atoms with Crippen molar-refractivity contribution < 1.29 is 82.9 Å². The topological polar surface area (TPSA) is 267 Å². The first-order valence-electron chi connectivity index (χ1n) is 18.6. The first-order valence-corrected chi connectivity index (χ1v) is 24.3. The Morgan fingerprint density at radius 3 is 1.17 bits per heavy atom. The van der Waals surface area contributed by atoms with E-state index in [0.717, 1.165) is 0 Å². The predicted molar refractivity (Wildman–Crippen MR) is 240 cm³/mol. The van der Waals surface area contributed by atoms with Gasteiger partial charge in [0.2, 0.25) is 0 Å². The van der Waals surface area contributed by atoms with Crippen molar-refractivity contribution in [3.8, 4) is 0 Å². The number of aliphatic imine (C=N–C) groups is 4. The van der Waals surface area contributed by atoms with Gasteiger partial charge in [-0.3, -0.25) is 18.2 Å². The molecule has 5 heterocycles. The van der Waals surface area contributed by atoms with Gasteiger partial charge in [-0.25, -0.2) is 20.0 Å². The minimum atomic E-state index is -4.68. The normalized spacial score (nSPS) is 17.2. The van der Waals surface area contributed by atoms with E-state index < -0.39 is 55.2 Å². The second kappa shape index (κ2) is 16.8. The Morgan fingerprint density at radius 2 is 0.738 bits per heavy atom. The molecule has 322 valence electrons. The molecule has 4 aromatic rings. The summed E-state index contributed by atoms with van der Waals surface area (Å²) in [5.74, 6) is 0. The Labute approximate surface area is 395 Å². The molecule has 16 nitrogen and oxygen atoms in total. The molecule has 0 fully saturated rings. The number of nitrogens with zero attached hydrogens (tertiary/aromatic N) is 4. The van der Waals surface area contributed by atoms with Crippen LogP contribution in [-0.2, 0) is 40.5 Å². The van der Waals surface area contributed by atoms with Crippen LogP contribution in [0.2, 0.25) is 0 Å². The third-order valence-corrected chi connectivity index (χ3v) is 13.7.